The van der Waals surface area contributed by atoms with E-state index in [2.05, 4.69) is 22.5 Å². The van der Waals surface area contributed by atoms with Crippen LogP contribution in [0.1, 0.15) is 132 Å². The molecule has 0 aliphatic heterocycles. The number of benzene rings is 1. The number of nitrogens with zero attached hydrogens (tertiary/aromatic N) is 2. The Labute approximate surface area is 256 Å². The van der Waals surface area contributed by atoms with Crippen LogP contribution in [0.3, 0.4) is 0 Å². The fraction of sp³-hybridized carbons (Fsp3) is 0.735. The SMILES string of the molecule is CCCCCCCCCCCCCCCCCCN(C=O)c1ccc(C(=O)NC)cc1COC(=O)NCCCN(C)C. The van der Waals surface area contributed by atoms with Gasteiger partial charge in [0.15, 0.2) is 0 Å². The Kier molecular flexibility index (Phi) is 22.2. The Morgan fingerprint density at radius 2 is 1.33 bits per heavy atom. The van der Waals surface area contributed by atoms with Crippen molar-refractivity contribution < 1.29 is 19.1 Å². The highest BCUT2D eigenvalue weighted by Gasteiger charge is 2.15. The number of anilines is 1. The number of hydrogen-bond donors (Lipinski definition) is 2. The molecule has 0 spiro atoms. The Bertz CT molecular complexity index is 862. The smallest absolute Gasteiger partial charge is 0.407 e. The van der Waals surface area contributed by atoms with Gasteiger partial charge in [-0.2, -0.15) is 0 Å². The molecular weight excluding hydrogens is 528 g/mol. The number of rotatable bonds is 26. The molecule has 0 aromatic heterocycles. The summed E-state index contributed by atoms with van der Waals surface area (Å²) in [5.74, 6) is -0.230. The molecule has 0 saturated heterocycles. The molecular formula is C34H60N4O4. The second kappa shape index (κ2) is 24.9. The van der Waals surface area contributed by atoms with Gasteiger partial charge in [-0.05, 0) is 51.7 Å². The van der Waals surface area contributed by atoms with Crippen molar-refractivity contribution in [3.05, 3.63) is 29.3 Å². The largest absolute Gasteiger partial charge is 0.445 e. The fourth-order valence-electron chi connectivity index (χ4n) is 5.11. The maximum absolute atomic E-state index is 12.2. The van der Waals surface area contributed by atoms with Crippen LogP contribution in [0, 0.1) is 0 Å². The molecule has 0 aliphatic carbocycles. The molecule has 0 unspecified atom stereocenters. The van der Waals surface area contributed by atoms with Crippen molar-refractivity contribution in [2.75, 3.05) is 45.7 Å². The van der Waals surface area contributed by atoms with E-state index >= 15 is 0 Å². The molecule has 8 nitrogen and oxygen atoms in total. The molecule has 1 rings (SSSR count). The third-order valence-corrected chi connectivity index (χ3v) is 7.67. The third-order valence-electron chi connectivity index (χ3n) is 7.67. The van der Waals surface area contributed by atoms with Gasteiger partial charge >= 0.3 is 6.09 Å². The van der Waals surface area contributed by atoms with Crippen molar-refractivity contribution in [1.82, 2.24) is 15.5 Å². The van der Waals surface area contributed by atoms with Crippen molar-refractivity contribution in [1.29, 1.82) is 0 Å². The molecule has 0 bridgehead atoms. The van der Waals surface area contributed by atoms with Gasteiger partial charge in [0.05, 0.1) is 0 Å². The molecule has 42 heavy (non-hydrogen) atoms. The van der Waals surface area contributed by atoms with Crippen molar-refractivity contribution in [2.45, 2.75) is 123 Å². The highest BCUT2D eigenvalue weighted by molar-refractivity contribution is 5.95. The number of alkyl carbamates (subject to hydrolysis) is 1. The molecule has 0 heterocycles. The summed E-state index contributed by atoms with van der Waals surface area (Å²) >= 11 is 0. The first-order valence-electron chi connectivity index (χ1n) is 16.5. The summed E-state index contributed by atoms with van der Waals surface area (Å²) < 4.78 is 5.44. The third kappa shape index (κ3) is 18.0. The van der Waals surface area contributed by atoms with Crippen LogP contribution in [-0.2, 0) is 16.1 Å². The zero-order valence-electron chi connectivity index (χ0n) is 27.2. The Morgan fingerprint density at radius 3 is 1.83 bits per heavy atom. The van der Waals surface area contributed by atoms with Crippen LogP contribution in [0.4, 0.5) is 10.5 Å². The number of ether oxygens (including phenoxy) is 1. The van der Waals surface area contributed by atoms with E-state index in [1.807, 2.05) is 14.1 Å². The van der Waals surface area contributed by atoms with Crippen LogP contribution in [0.2, 0.25) is 0 Å². The Balaban J connectivity index is 2.38. The number of unbranched alkanes of at least 4 members (excludes halogenated alkanes) is 15. The van der Waals surface area contributed by atoms with Gasteiger partial charge in [0.1, 0.15) is 6.61 Å². The lowest BCUT2D eigenvalue weighted by Crippen LogP contribution is -2.28. The van der Waals surface area contributed by atoms with Crippen LogP contribution in [0.15, 0.2) is 18.2 Å². The summed E-state index contributed by atoms with van der Waals surface area (Å²) in [6.45, 7) is 4.22. The van der Waals surface area contributed by atoms with Crippen LogP contribution >= 0.6 is 0 Å². The van der Waals surface area contributed by atoms with Crippen molar-refractivity contribution in [3.63, 3.8) is 0 Å². The molecule has 0 atom stereocenters. The van der Waals surface area contributed by atoms with Crippen LogP contribution in [-0.4, -0.2) is 64.1 Å². The van der Waals surface area contributed by atoms with Gasteiger partial charge in [-0.1, -0.05) is 103 Å². The van der Waals surface area contributed by atoms with E-state index in [0.29, 0.717) is 29.9 Å². The standard InChI is InChI=1S/C34H60N4O4/c1-5-6-7-8-9-10-11-12-13-14-15-16-17-18-19-20-26-38(29-39)32-23-22-30(33(40)35-2)27-31(32)28-42-34(41)36-24-21-25-37(3)4/h22-23,27,29H,5-21,24-26,28H2,1-4H3,(H,35,40)(H,36,41). The van der Waals surface area contributed by atoms with E-state index < -0.39 is 6.09 Å². The molecule has 8 heteroatoms. The zero-order chi connectivity index (χ0) is 30.8. The van der Waals surface area contributed by atoms with E-state index in [4.69, 9.17) is 4.74 Å². The lowest BCUT2D eigenvalue weighted by Gasteiger charge is -2.21. The first-order valence-corrected chi connectivity index (χ1v) is 16.5. The van der Waals surface area contributed by atoms with E-state index in [0.717, 1.165) is 32.2 Å². The minimum absolute atomic E-state index is 0.0248. The molecule has 240 valence electrons. The molecule has 0 fully saturated rings. The summed E-state index contributed by atoms with van der Waals surface area (Å²) in [6.07, 6.45) is 22.0. The first kappa shape index (κ1) is 37.4. The lowest BCUT2D eigenvalue weighted by molar-refractivity contribution is -0.107. The molecule has 0 radical (unpaired) electrons. The minimum Gasteiger partial charge on any atom is -0.445 e. The maximum atomic E-state index is 12.2. The predicted molar refractivity (Wildman–Crippen MR) is 174 cm³/mol. The maximum Gasteiger partial charge on any atom is 0.407 e. The number of carbonyl (C=O) groups is 3. The summed E-state index contributed by atoms with van der Waals surface area (Å²) in [5, 5.41) is 5.37. The zero-order valence-corrected chi connectivity index (χ0v) is 27.2. The Morgan fingerprint density at radius 1 is 0.786 bits per heavy atom. The van der Waals surface area contributed by atoms with Gasteiger partial charge in [0, 0.05) is 37.0 Å². The number of carbonyl (C=O) groups excluding carboxylic acids is 3. The minimum atomic E-state index is -0.513. The molecule has 2 N–H and O–H groups in total. The summed E-state index contributed by atoms with van der Waals surface area (Å²) in [7, 11) is 5.54. The van der Waals surface area contributed by atoms with Crippen LogP contribution < -0.4 is 15.5 Å². The van der Waals surface area contributed by atoms with E-state index in [1.165, 1.54) is 89.9 Å². The predicted octanol–water partition coefficient (Wildman–Crippen LogP) is 7.45. The van der Waals surface area contributed by atoms with Crippen LogP contribution in [0.25, 0.3) is 0 Å². The second-order valence-electron chi connectivity index (χ2n) is 11.7. The lowest BCUT2D eigenvalue weighted by atomic mass is 10.0. The van der Waals surface area contributed by atoms with Crippen molar-refractivity contribution in [2.24, 2.45) is 0 Å². The van der Waals surface area contributed by atoms with E-state index in [9.17, 15) is 14.4 Å². The normalized spacial score (nSPS) is 11.0. The van der Waals surface area contributed by atoms with Gasteiger partial charge in [0.25, 0.3) is 5.91 Å². The fourth-order valence-corrected chi connectivity index (χ4v) is 5.11. The Hall–Kier alpha value is -2.61. The molecule has 1 aromatic carbocycles. The summed E-state index contributed by atoms with van der Waals surface area (Å²) in [6, 6.07) is 5.15. The highest BCUT2D eigenvalue weighted by Crippen LogP contribution is 2.23. The number of amides is 3. The van der Waals surface area contributed by atoms with Gasteiger partial charge in [-0.15, -0.1) is 0 Å². The van der Waals surface area contributed by atoms with Gasteiger partial charge < -0.3 is 25.2 Å². The van der Waals surface area contributed by atoms with Crippen LogP contribution in [0.5, 0.6) is 0 Å². The molecule has 0 saturated carbocycles. The molecule has 0 aliphatic rings. The average molecular weight is 589 g/mol. The number of nitrogens with one attached hydrogen (secondary N) is 2. The quantitative estimate of drug-likeness (QED) is 0.0866. The van der Waals surface area contributed by atoms with Crippen molar-refractivity contribution >= 4 is 24.1 Å². The van der Waals surface area contributed by atoms with Gasteiger partial charge in [-0.3, -0.25) is 9.59 Å². The van der Waals surface area contributed by atoms with Crippen molar-refractivity contribution in [3.8, 4) is 0 Å². The van der Waals surface area contributed by atoms with E-state index in [1.54, 1.807) is 30.1 Å². The summed E-state index contributed by atoms with van der Waals surface area (Å²) in [5.41, 5.74) is 1.75. The molecule has 3 amide bonds. The van der Waals surface area contributed by atoms with E-state index in [-0.39, 0.29) is 12.5 Å². The number of hydrogen-bond acceptors (Lipinski definition) is 5. The monoisotopic (exact) mass is 588 g/mol. The van der Waals surface area contributed by atoms with Gasteiger partial charge in [-0.25, -0.2) is 4.79 Å². The first-order chi connectivity index (χ1) is 20.4. The highest BCUT2D eigenvalue weighted by atomic mass is 16.5. The summed E-state index contributed by atoms with van der Waals surface area (Å²) in [4.78, 5) is 40.1. The topological polar surface area (TPSA) is 91.0 Å². The average Bonchev–Trinajstić information content (AvgIpc) is 2.99. The van der Waals surface area contributed by atoms with Gasteiger partial charge in [0.2, 0.25) is 6.41 Å². The molecule has 1 aromatic rings. The second-order valence-corrected chi connectivity index (χ2v) is 11.7.